The second-order valence-corrected chi connectivity index (χ2v) is 11.0. The molecule has 1 saturated heterocycles. The van der Waals surface area contributed by atoms with Gasteiger partial charge in [-0.15, -0.1) is 0 Å². The summed E-state index contributed by atoms with van der Waals surface area (Å²) in [6.07, 6.45) is 7.15. The van der Waals surface area contributed by atoms with Crippen LogP contribution in [0.25, 0.3) is 0 Å². The number of nitrogens with zero attached hydrogens (tertiary/aromatic N) is 4. The first kappa shape index (κ1) is 32.5. The van der Waals surface area contributed by atoms with E-state index in [4.69, 9.17) is 4.52 Å². The van der Waals surface area contributed by atoms with Crippen molar-refractivity contribution in [3.05, 3.63) is 114 Å². The molecule has 0 radical (unpaired) electrons. The Morgan fingerprint density at radius 1 is 1.09 bits per heavy atom. The number of anilines is 2. The number of carbonyl (C=O) groups is 4. The van der Waals surface area contributed by atoms with Gasteiger partial charge < -0.3 is 29.6 Å². The molecule has 45 heavy (non-hydrogen) atoms. The number of aliphatic carboxylic acids is 1. The van der Waals surface area contributed by atoms with E-state index in [2.05, 4.69) is 17.1 Å². The van der Waals surface area contributed by atoms with Crippen LogP contribution in [0.4, 0.5) is 16.2 Å². The number of carbonyl (C=O) groups excluding carboxylic acids is 3. The zero-order chi connectivity index (χ0) is 32.7. The lowest BCUT2D eigenvalue weighted by molar-refractivity contribution is -0.141. The molecule has 1 aliphatic rings. The number of hydrogen-bond donors (Lipinski definition) is 2. The molecular weight excluding hydrogens is 574 g/mol. The Balaban J connectivity index is 1.35. The summed E-state index contributed by atoms with van der Waals surface area (Å²) in [5, 5.41) is 16.5. The fourth-order valence-corrected chi connectivity index (χ4v) is 5.11. The molecule has 4 rings (SSSR count). The summed E-state index contributed by atoms with van der Waals surface area (Å²) in [5.74, 6) is -2.19. The summed E-state index contributed by atoms with van der Waals surface area (Å²) < 4.78 is 5.00. The second kappa shape index (κ2) is 14.3. The van der Waals surface area contributed by atoms with Crippen molar-refractivity contribution in [2.45, 2.75) is 26.2 Å². The van der Waals surface area contributed by atoms with Gasteiger partial charge in [-0.05, 0) is 54.8 Å². The third kappa shape index (κ3) is 8.14. The fourth-order valence-electron chi connectivity index (χ4n) is 5.11. The molecule has 0 spiro atoms. The third-order valence-corrected chi connectivity index (χ3v) is 7.63. The van der Waals surface area contributed by atoms with Crippen LogP contribution in [0.5, 0.6) is 0 Å². The molecule has 234 valence electrons. The maximum Gasteiger partial charge on any atom is 0.325 e. The van der Waals surface area contributed by atoms with Crippen LogP contribution in [0.3, 0.4) is 0 Å². The van der Waals surface area contributed by atoms with Crippen molar-refractivity contribution in [3.63, 3.8) is 0 Å². The molecule has 2 N–H and O–H groups in total. The summed E-state index contributed by atoms with van der Waals surface area (Å²) in [7, 11) is 3.34. The standard InChI is InChI=1S/C34H37N5O6/c1-6-7-8-22(2)19-37(4)34(44)35-26-13-9-24(10-14-26)18-31(40)38(5)27-15-11-25(12-16-27)28-20-39(21-29(28)33(42)43)32(41)30-17-23(3)45-36-30/h6-17,19,28-29H,1,18,20-21H2,2-5H3,(H,35,44)(H,42,43). The molecule has 2 aromatic carbocycles. The number of allylic oxidation sites excluding steroid dienone is 4. The quantitative estimate of drug-likeness (QED) is 0.299. The van der Waals surface area contributed by atoms with Gasteiger partial charge in [0.05, 0.1) is 12.3 Å². The van der Waals surface area contributed by atoms with Gasteiger partial charge in [0, 0.05) is 56.7 Å². The Kier molecular flexibility index (Phi) is 10.4. The number of rotatable bonds is 10. The number of urea groups is 1. The van der Waals surface area contributed by atoms with E-state index in [0.717, 1.165) is 16.7 Å². The monoisotopic (exact) mass is 611 g/mol. The minimum Gasteiger partial charge on any atom is -0.481 e. The van der Waals surface area contributed by atoms with Crippen LogP contribution in [0.2, 0.25) is 0 Å². The summed E-state index contributed by atoms with van der Waals surface area (Å²) in [5.41, 5.74) is 3.83. The molecule has 0 aliphatic carbocycles. The fraction of sp³-hybridized carbons (Fsp3) is 0.265. The Hall–Kier alpha value is -5.45. The van der Waals surface area contributed by atoms with Crippen molar-refractivity contribution < 1.29 is 28.8 Å². The normalized spacial score (nSPS) is 16.4. The van der Waals surface area contributed by atoms with Crippen LogP contribution in [0.15, 0.2) is 95.7 Å². The van der Waals surface area contributed by atoms with E-state index >= 15 is 0 Å². The lowest BCUT2D eigenvalue weighted by Crippen LogP contribution is -2.30. The van der Waals surface area contributed by atoms with Gasteiger partial charge in [-0.3, -0.25) is 14.4 Å². The summed E-state index contributed by atoms with van der Waals surface area (Å²) in [6.45, 7) is 7.49. The van der Waals surface area contributed by atoms with E-state index in [1.54, 1.807) is 87.9 Å². The molecule has 1 aliphatic heterocycles. The zero-order valence-electron chi connectivity index (χ0n) is 25.8. The van der Waals surface area contributed by atoms with Crippen LogP contribution in [-0.4, -0.2) is 71.1 Å². The van der Waals surface area contributed by atoms with E-state index in [1.165, 1.54) is 20.8 Å². The molecule has 11 heteroatoms. The zero-order valence-corrected chi connectivity index (χ0v) is 25.8. The first-order chi connectivity index (χ1) is 21.5. The Labute approximate surface area is 262 Å². The van der Waals surface area contributed by atoms with Crippen LogP contribution in [-0.2, 0) is 16.0 Å². The minimum atomic E-state index is -0.982. The van der Waals surface area contributed by atoms with Crippen molar-refractivity contribution >= 4 is 35.2 Å². The van der Waals surface area contributed by atoms with Gasteiger partial charge in [0.15, 0.2) is 5.69 Å². The summed E-state index contributed by atoms with van der Waals surface area (Å²) in [4.78, 5) is 55.0. The smallest absolute Gasteiger partial charge is 0.325 e. The van der Waals surface area contributed by atoms with Crippen LogP contribution in [0.1, 0.15) is 40.2 Å². The van der Waals surface area contributed by atoms with Gasteiger partial charge >= 0.3 is 12.0 Å². The molecule has 1 fully saturated rings. The van der Waals surface area contributed by atoms with Gasteiger partial charge in [0.1, 0.15) is 5.76 Å². The minimum absolute atomic E-state index is 0.0640. The predicted octanol–water partition coefficient (Wildman–Crippen LogP) is 5.24. The molecule has 3 aromatic rings. The van der Waals surface area contributed by atoms with Gasteiger partial charge in [-0.25, -0.2) is 4.79 Å². The van der Waals surface area contributed by atoms with Crippen LogP contribution in [0, 0.1) is 12.8 Å². The van der Waals surface area contributed by atoms with E-state index in [-0.39, 0.29) is 43.0 Å². The highest BCUT2D eigenvalue weighted by atomic mass is 16.5. The van der Waals surface area contributed by atoms with E-state index < -0.39 is 17.8 Å². The number of likely N-dealkylation sites (tertiary alicyclic amines) is 1. The number of carboxylic acid groups (broad SMARTS) is 1. The van der Waals surface area contributed by atoms with Gasteiger partial charge in [0.25, 0.3) is 5.91 Å². The molecule has 2 atom stereocenters. The molecule has 0 saturated carbocycles. The van der Waals surface area contributed by atoms with Gasteiger partial charge in [-0.2, -0.15) is 0 Å². The van der Waals surface area contributed by atoms with Crippen molar-refractivity contribution in [3.8, 4) is 0 Å². The number of likely N-dealkylation sites (N-methyl/N-ethyl adjacent to an activating group) is 1. The first-order valence-electron chi connectivity index (χ1n) is 14.4. The summed E-state index contributed by atoms with van der Waals surface area (Å²) >= 11 is 0. The molecule has 4 amide bonds. The lowest BCUT2D eigenvalue weighted by Gasteiger charge is -2.20. The first-order valence-corrected chi connectivity index (χ1v) is 14.4. The van der Waals surface area contributed by atoms with Crippen molar-refractivity contribution in [1.82, 2.24) is 15.0 Å². The second-order valence-electron chi connectivity index (χ2n) is 11.0. The SMILES string of the molecule is C=CC=CC(C)=CN(C)C(=O)Nc1ccc(CC(=O)N(C)c2ccc(C3CN(C(=O)c4cc(C)on4)CC3C(=O)O)cc2)cc1. The van der Waals surface area contributed by atoms with E-state index in [0.29, 0.717) is 17.1 Å². The number of benzene rings is 2. The van der Waals surface area contributed by atoms with E-state index in [1.807, 2.05) is 13.0 Å². The number of aromatic nitrogens is 1. The number of carboxylic acids is 1. The molecule has 2 heterocycles. The average Bonchev–Trinajstić information content (AvgIpc) is 3.67. The number of nitrogens with one attached hydrogen (secondary N) is 1. The number of hydrogen-bond acceptors (Lipinski definition) is 6. The van der Waals surface area contributed by atoms with Crippen molar-refractivity contribution in [2.75, 3.05) is 37.4 Å². The highest BCUT2D eigenvalue weighted by Crippen LogP contribution is 2.34. The third-order valence-electron chi connectivity index (χ3n) is 7.63. The predicted molar refractivity (Wildman–Crippen MR) is 171 cm³/mol. The van der Waals surface area contributed by atoms with Gasteiger partial charge in [0.2, 0.25) is 5.91 Å². The molecule has 1 aromatic heterocycles. The van der Waals surface area contributed by atoms with E-state index in [9.17, 15) is 24.3 Å². The molecular formula is C34H37N5O6. The lowest BCUT2D eigenvalue weighted by atomic mass is 9.89. The van der Waals surface area contributed by atoms with Gasteiger partial charge in [-0.1, -0.05) is 54.2 Å². The summed E-state index contributed by atoms with van der Waals surface area (Å²) in [6, 6.07) is 15.4. The molecule has 2 unspecified atom stereocenters. The number of aryl methyl sites for hydroxylation is 1. The van der Waals surface area contributed by atoms with Crippen LogP contribution >= 0.6 is 0 Å². The maximum atomic E-state index is 13.1. The Morgan fingerprint density at radius 2 is 1.78 bits per heavy atom. The molecule has 11 nitrogen and oxygen atoms in total. The van der Waals surface area contributed by atoms with Crippen LogP contribution < -0.4 is 10.2 Å². The highest BCUT2D eigenvalue weighted by Gasteiger charge is 2.41. The largest absolute Gasteiger partial charge is 0.481 e. The Morgan fingerprint density at radius 3 is 2.38 bits per heavy atom. The average molecular weight is 612 g/mol. The van der Waals surface area contributed by atoms with Crippen molar-refractivity contribution in [2.24, 2.45) is 5.92 Å². The topological polar surface area (TPSA) is 136 Å². The molecule has 0 bridgehead atoms. The number of amides is 4. The van der Waals surface area contributed by atoms with Crippen molar-refractivity contribution in [1.29, 1.82) is 0 Å². The maximum absolute atomic E-state index is 13.1. The Bertz CT molecular complexity index is 1620. The highest BCUT2D eigenvalue weighted by molar-refractivity contribution is 5.95.